The van der Waals surface area contributed by atoms with Gasteiger partial charge in [0, 0.05) is 5.39 Å². The maximum absolute atomic E-state index is 13.6. The topological polar surface area (TPSA) is 96.7 Å². The van der Waals surface area contributed by atoms with Gasteiger partial charge in [0.1, 0.15) is 6.54 Å². The summed E-state index contributed by atoms with van der Waals surface area (Å²) in [4.78, 5) is 22.6. The van der Waals surface area contributed by atoms with Gasteiger partial charge >= 0.3 is 16.1 Å². The van der Waals surface area contributed by atoms with Crippen LogP contribution in [0.4, 0.5) is 9.18 Å². The molecule has 7 nitrogen and oxygen atoms in total. The molecule has 0 aliphatic carbocycles. The number of hydrogen-bond acceptors (Lipinski definition) is 5. The lowest BCUT2D eigenvalue weighted by Gasteiger charge is -2.11. The third-order valence-corrected chi connectivity index (χ3v) is 5.54. The highest BCUT2D eigenvalue weighted by atomic mass is 79.9. The van der Waals surface area contributed by atoms with Crippen molar-refractivity contribution in [3.63, 3.8) is 0 Å². The highest BCUT2D eigenvalue weighted by Crippen LogP contribution is 2.36. The number of halogens is 2. The number of carbonyl (C=O) groups excluding carboxylic acids is 2. The van der Waals surface area contributed by atoms with Gasteiger partial charge in [-0.2, -0.15) is 8.42 Å². The van der Waals surface area contributed by atoms with E-state index in [2.05, 4.69) is 15.9 Å². The van der Waals surface area contributed by atoms with Crippen molar-refractivity contribution in [2.45, 2.75) is 5.09 Å². The normalized spacial score (nSPS) is 15.8. The number of amides is 3. The molecule has 2 heterocycles. The molecule has 0 saturated carbocycles. The van der Waals surface area contributed by atoms with Crippen LogP contribution in [0.3, 0.4) is 0 Å². The maximum atomic E-state index is 13.6. The number of para-hydroxylation sites is 1. The van der Waals surface area contributed by atoms with Crippen molar-refractivity contribution in [1.82, 2.24) is 9.62 Å². The van der Waals surface area contributed by atoms with Crippen LogP contribution >= 0.6 is 15.9 Å². The first-order chi connectivity index (χ1) is 9.82. The molecule has 21 heavy (non-hydrogen) atoms. The van der Waals surface area contributed by atoms with Gasteiger partial charge in [0.05, 0.1) is 4.47 Å². The SMILES string of the molecule is O=C1CN(S(=O)(=O)c2oc3c(F)cccc3c2Br)C(=O)N1. The number of furan rings is 1. The van der Waals surface area contributed by atoms with E-state index in [0.717, 1.165) is 6.07 Å². The Hall–Kier alpha value is -1.94. The van der Waals surface area contributed by atoms with Gasteiger partial charge in [-0.25, -0.2) is 13.5 Å². The summed E-state index contributed by atoms with van der Waals surface area (Å²) >= 11 is 3.02. The van der Waals surface area contributed by atoms with E-state index in [9.17, 15) is 22.4 Å². The molecule has 1 fully saturated rings. The molecule has 1 aliphatic rings. The molecule has 0 unspecified atom stereocenters. The summed E-state index contributed by atoms with van der Waals surface area (Å²) in [5.41, 5.74) is -0.256. The second-order valence-corrected chi connectivity index (χ2v) is 6.74. The summed E-state index contributed by atoms with van der Waals surface area (Å²) in [6, 6.07) is 2.88. The Kier molecular flexibility index (Phi) is 3.02. The molecule has 2 aromatic rings. The van der Waals surface area contributed by atoms with Crippen LogP contribution in [-0.2, 0) is 14.8 Å². The van der Waals surface area contributed by atoms with Gasteiger partial charge in [0.15, 0.2) is 11.4 Å². The Morgan fingerprint density at radius 2 is 2.05 bits per heavy atom. The lowest BCUT2D eigenvalue weighted by atomic mass is 10.2. The standard InChI is InChI=1S/C11H6BrFN2O5S/c12-8-5-2-1-3-6(13)9(5)20-10(8)21(18,19)15-4-7(16)14-11(15)17/h1-3H,4H2,(H,14,16,17). The fourth-order valence-corrected chi connectivity index (χ4v) is 4.20. The Labute approximate surface area is 125 Å². The Morgan fingerprint density at radius 1 is 1.33 bits per heavy atom. The predicted molar refractivity (Wildman–Crippen MR) is 71.3 cm³/mol. The van der Waals surface area contributed by atoms with Crippen molar-refractivity contribution in [3.05, 3.63) is 28.5 Å². The number of nitrogens with zero attached hydrogens (tertiary/aromatic N) is 1. The lowest BCUT2D eigenvalue weighted by molar-refractivity contribution is -0.118. The Morgan fingerprint density at radius 3 is 2.62 bits per heavy atom. The molecule has 0 atom stereocenters. The molecule has 3 amide bonds. The van der Waals surface area contributed by atoms with E-state index in [1.165, 1.54) is 12.1 Å². The number of hydrogen-bond donors (Lipinski definition) is 1. The van der Waals surface area contributed by atoms with Gasteiger partial charge in [-0.1, -0.05) is 6.07 Å². The zero-order valence-electron chi connectivity index (χ0n) is 10.1. The van der Waals surface area contributed by atoms with Gasteiger partial charge in [0.25, 0.3) is 5.09 Å². The number of carbonyl (C=O) groups is 2. The van der Waals surface area contributed by atoms with Crippen LogP contribution in [0.1, 0.15) is 0 Å². The van der Waals surface area contributed by atoms with Gasteiger partial charge < -0.3 is 4.42 Å². The van der Waals surface area contributed by atoms with Crippen LogP contribution in [0.5, 0.6) is 0 Å². The van der Waals surface area contributed by atoms with E-state index in [-0.39, 0.29) is 15.4 Å². The Bertz CT molecular complexity index is 891. The van der Waals surface area contributed by atoms with Crippen LogP contribution in [0.25, 0.3) is 11.0 Å². The highest BCUT2D eigenvalue weighted by molar-refractivity contribution is 9.10. The van der Waals surface area contributed by atoms with Crippen LogP contribution in [0, 0.1) is 5.82 Å². The third kappa shape index (κ3) is 2.02. The van der Waals surface area contributed by atoms with E-state index in [1.807, 2.05) is 5.32 Å². The molecule has 0 bridgehead atoms. The van der Waals surface area contributed by atoms with Crippen molar-refractivity contribution >= 4 is 48.9 Å². The van der Waals surface area contributed by atoms with Gasteiger partial charge in [-0.05, 0) is 28.1 Å². The molecule has 0 radical (unpaired) electrons. The Balaban J connectivity index is 2.20. The van der Waals surface area contributed by atoms with E-state index in [4.69, 9.17) is 4.42 Å². The summed E-state index contributed by atoms with van der Waals surface area (Å²) in [6.45, 7) is -0.646. The number of imide groups is 1. The molecule has 0 spiro atoms. The summed E-state index contributed by atoms with van der Waals surface area (Å²) in [5.74, 6) is -1.49. The first-order valence-corrected chi connectivity index (χ1v) is 7.78. The molecular weight excluding hydrogens is 371 g/mol. The van der Waals surface area contributed by atoms with Crippen molar-refractivity contribution in [2.75, 3.05) is 6.54 Å². The van der Waals surface area contributed by atoms with Crippen LogP contribution in [0.2, 0.25) is 0 Å². The first-order valence-electron chi connectivity index (χ1n) is 5.55. The van der Waals surface area contributed by atoms with E-state index < -0.39 is 39.4 Å². The summed E-state index contributed by atoms with van der Waals surface area (Å²) < 4.78 is 43.7. The van der Waals surface area contributed by atoms with Crippen molar-refractivity contribution < 1.29 is 26.8 Å². The lowest BCUT2D eigenvalue weighted by Crippen LogP contribution is -2.34. The van der Waals surface area contributed by atoms with Crippen molar-refractivity contribution in [1.29, 1.82) is 0 Å². The molecule has 1 saturated heterocycles. The minimum atomic E-state index is -4.41. The second-order valence-electron chi connectivity index (χ2n) is 4.19. The fourth-order valence-electron chi connectivity index (χ4n) is 1.92. The van der Waals surface area contributed by atoms with Crippen LogP contribution < -0.4 is 5.32 Å². The van der Waals surface area contributed by atoms with E-state index in [0.29, 0.717) is 4.31 Å². The first kappa shape index (κ1) is 14.0. The molecule has 1 aromatic carbocycles. The molecule has 1 aromatic heterocycles. The number of sulfonamides is 1. The van der Waals surface area contributed by atoms with Crippen molar-refractivity contribution in [2.24, 2.45) is 0 Å². The summed E-state index contributed by atoms with van der Waals surface area (Å²) in [5, 5.41) is 1.42. The zero-order valence-corrected chi connectivity index (χ0v) is 12.5. The minimum Gasteiger partial charge on any atom is -0.439 e. The fraction of sp³-hybridized carbons (Fsp3) is 0.0909. The predicted octanol–water partition coefficient (Wildman–Crippen LogP) is 1.57. The number of urea groups is 1. The smallest absolute Gasteiger partial charge is 0.338 e. The summed E-state index contributed by atoms with van der Waals surface area (Å²) in [7, 11) is -4.41. The van der Waals surface area contributed by atoms with Crippen LogP contribution in [0.15, 0.2) is 32.2 Å². The largest absolute Gasteiger partial charge is 0.439 e. The molecule has 1 aliphatic heterocycles. The number of benzene rings is 1. The number of nitrogens with one attached hydrogen (secondary N) is 1. The molecule has 110 valence electrons. The van der Waals surface area contributed by atoms with Gasteiger partial charge in [0.2, 0.25) is 5.91 Å². The maximum Gasteiger partial charge on any atom is 0.338 e. The monoisotopic (exact) mass is 376 g/mol. The number of fused-ring (bicyclic) bond motifs is 1. The average Bonchev–Trinajstić information content (AvgIpc) is 2.92. The molecule has 10 heteroatoms. The summed E-state index contributed by atoms with van der Waals surface area (Å²) in [6.07, 6.45) is 0. The second kappa shape index (κ2) is 4.53. The van der Waals surface area contributed by atoms with E-state index >= 15 is 0 Å². The zero-order chi connectivity index (χ0) is 15.4. The molecule has 1 N–H and O–H groups in total. The van der Waals surface area contributed by atoms with Gasteiger partial charge in [-0.3, -0.25) is 10.1 Å². The average molecular weight is 377 g/mol. The molecule has 3 rings (SSSR count). The van der Waals surface area contributed by atoms with Gasteiger partial charge in [-0.15, -0.1) is 0 Å². The van der Waals surface area contributed by atoms with E-state index in [1.54, 1.807) is 0 Å². The quantitative estimate of drug-likeness (QED) is 0.802. The number of rotatable bonds is 2. The van der Waals surface area contributed by atoms with Crippen LogP contribution in [-0.4, -0.2) is 31.2 Å². The third-order valence-electron chi connectivity index (χ3n) is 2.86. The minimum absolute atomic E-state index is 0.0100. The highest BCUT2D eigenvalue weighted by Gasteiger charge is 2.41. The molecular formula is C11H6BrFN2O5S. The van der Waals surface area contributed by atoms with Crippen molar-refractivity contribution in [3.8, 4) is 0 Å².